The highest BCUT2D eigenvalue weighted by Crippen LogP contribution is 2.15. The summed E-state index contributed by atoms with van der Waals surface area (Å²) >= 11 is 0. The van der Waals surface area contributed by atoms with Crippen molar-refractivity contribution in [2.24, 2.45) is 5.92 Å². The van der Waals surface area contributed by atoms with Crippen molar-refractivity contribution in [3.8, 4) is 5.75 Å². The zero-order valence-electron chi connectivity index (χ0n) is 14.9. The summed E-state index contributed by atoms with van der Waals surface area (Å²) in [6.45, 7) is 3.01. The number of carbonyl (C=O) groups is 3. The van der Waals surface area contributed by atoms with E-state index in [9.17, 15) is 14.4 Å². The number of benzene rings is 1. The van der Waals surface area contributed by atoms with Gasteiger partial charge in [0.15, 0.2) is 0 Å². The maximum atomic E-state index is 12.7. The second-order valence-electron chi connectivity index (χ2n) is 6.14. The molecule has 0 radical (unpaired) electrons. The summed E-state index contributed by atoms with van der Waals surface area (Å²) in [5, 5.41) is 2.62. The number of rotatable bonds is 4. The Kier molecular flexibility index (Phi) is 6.38. The number of nitrogens with zero attached hydrogens (tertiary/aromatic N) is 2. The van der Waals surface area contributed by atoms with Gasteiger partial charge in [-0.3, -0.25) is 14.4 Å². The molecule has 0 spiro atoms. The first-order valence-corrected chi connectivity index (χ1v) is 8.32. The van der Waals surface area contributed by atoms with Crippen molar-refractivity contribution in [1.82, 2.24) is 15.1 Å². The van der Waals surface area contributed by atoms with Gasteiger partial charge in [-0.05, 0) is 17.7 Å². The van der Waals surface area contributed by atoms with Crippen LogP contribution in [0, 0.1) is 5.92 Å². The molecular formula is C18H25N3O4. The molecule has 1 heterocycles. The lowest BCUT2D eigenvalue weighted by molar-refractivity contribution is -0.132. The van der Waals surface area contributed by atoms with Crippen LogP contribution >= 0.6 is 0 Å². The first-order valence-electron chi connectivity index (χ1n) is 8.32. The number of amides is 3. The van der Waals surface area contributed by atoms with Gasteiger partial charge in [0.2, 0.25) is 17.7 Å². The molecule has 1 atom stereocenters. The molecule has 136 valence electrons. The van der Waals surface area contributed by atoms with E-state index >= 15 is 0 Å². The third-order valence-electron chi connectivity index (χ3n) is 4.45. The van der Waals surface area contributed by atoms with Crippen LogP contribution in [0.5, 0.6) is 5.75 Å². The van der Waals surface area contributed by atoms with Crippen LogP contribution in [0.3, 0.4) is 0 Å². The fraction of sp³-hybridized carbons (Fsp3) is 0.500. The van der Waals surface area contributed by atoms with E-state index in [2.05, 4.69) is 5.32 Å². The first-order chi connectivity index (χ1) is 11.9. The van der Waals surface area contributed by atoms with Crippen LogP contribution in [0.15, 0.2) is 24.3 Å². The van der Waals surface area contributed by atoms with Crippen molar-refractivity contribution in [2.45, 2.75) is 13.3 Å². The standard InChI is InChI=1S/C18H25N3O4/c1-13(22)20-8-9-21(12-15(11-20)18(24)19-2)17(23)10-14-4-6-16(25-3)7-5-14/h4-7,15H,8-12H2,1-3H3,(H,19,24)/t15-/m0/s1. The maximum absolute atomic E-state index is 12.7. The van der Waals surface area contributed by atoms with Crippen LogP contribution in [0.4, 0.5) is 0 Å². The van der Waals surface area contributed by atoms with Crippen LogP contribution in [0.25, 0.3) is 0 Å². The number of carbonyl (C=O) groups excluding carboxylic acids is 3. The Balaban J connectivity index is 2.08. The molecule has 0 unspecified atom stereocenters. The Morgan fingerprint density at radius 2 is 1.72 bits per heavy atom. The monoisotopic (exact) mass is 347 g/mol. The average Bonchev–Trinajstić information content (AvgIpc) is 2.85. The first kappa shape index (κ1) is 18.8. The Labute approximate surface area is 147 Å². The summed E-state index contributed by atoms with van der Waals surface area (Å²) in [5.74, 6) is 0.0252. The van der Waals surface area contributed by atoms with E-state index in [1.807, 2.05) is 24.3 Å². The molecule has 0 bridgehead atoms. The minimum atomic E-state index is -0.420. The van der Waals surface area contributed by atoms with Crippen molar-refractivity contribution in [3.05, 3.63) is 29.8 Å². The van der Waals surface area contributed by atoms with Crippen LogP contribution in [-0.2, 0) is 20.8 Å². The molecule has 0 aromatic heterocycles. The van der Waals surface area contributed by atoms with Crippen molar-refractivity contribution >= 4 is 17.7 Å². The van der Waals surface area contributed by atoms with Gasteiger partial charge in [-0.15, -0.1) is 0 Å². The molecule has 7 nitrogen and oxygen atoms in total. The number of hydrogen-bond acceptors (Lipinski definition) is 4. The Bertz CT molecular complexity index is 630. The largest absolute Gasteiger partial charge is 0.497 e. The lowest BCUT2D eigenvalue weighted by Crippen LogP contribution is -2.42. The fourth-order valence-corrected chi connectivity index (χ4v) is 2.93. The number of methoxy groups -OCH3 is 1. The fourth-order valence-electron chi connectivity index (χ4n) is 2.93. The van der Waals surface area contributed by atoms with Crippen LogP contribution in [0.2, 0.25) is 0 Å². The topological polar surface area (TPSA) is 79.0 Å². The summed E-state index contributed by atoms with van der Waals surface area (Å²) in [6.07, 6.45) is 0.254. The lowest BCUT2D eigenvalue weighted by Gasteiger charge is -2.23. The average molecular weight is 347 g/mol. The zero-order valence-corrected chi connectivity index (χ0v) is 14.9. The normalized spacial score (nSPS) is 17.6. The van der Waals surface area contributed by atoms with Crippen LogP contribution in [-0.4, -0.2) is 67.9 Å². The molecule has 1 aliphatic heterocycles. The molecule has 1 aromatic rings. The zero-order chi connectivity index (χ0) is 18.4. The second-order valence-corrected chi connectivity index (χ2v) is 6.14. The van der Waals surface area contributed by atoms with E-state index in [0.717, 1.165) is 11.3 Å². The molecule has 2 rings (SSSR count). The van der Waals surface area contributed by atoms with Gasteiger partial charge < -0.3 is 19.9 Å². The van der Waals surface area contributed by atoms with Gasteiger partial charge in [0.05, 0.1) is 19.4 Å². The van der Waals surface area contributed by atoms with E-state index in [-0.39, 0.29) is 24.1 Å². The van der Waals surface area contributed by atoms with Gasteiger partial charge in [-0.2, -0.15) is 0 Å². The van der Waals surface area contributed by atoms with Crippen LogP contribution < -0.4 is 10.1 Å². The van der Waals surface area contributed by atoms with Crippen molar-refractivity contribution in [2.75, 3.05) is 40.3 Å². The second kappa shape index (κ2) is 8.50. The molecule has 3 amide bonds. The van der Waals surface area contributed by atoms with E-state index in [4.69, 9.17) is 4.74 Å². The SMILES string of the molecule is CNC(=O)[C@H]1CN(C(C)=O)CCN(C(=O)Cc2ccc(OC)cc2)C1. The summed E-state index contributed by atoms with van der Waals surface area (Å²) in [6, 6.07) is 7.34. The number of nitrogens with one attached hydrogen (secondary N) is 1. The lowest BCUT2D eigenvalue weighted by atomic mass is 10.1. The molecule has 0 saturated carbocycles. The summed E-state index contributed by atoms with van der Waals surface area (Å²) in [7, 11) is 3.16. The molecule has 1 N–H and O–H groups in total. The van der Waals surface area contributed by atoms with E-state index < -0.39 is 5.92 Å². The molecule has 25 heavy (non-hydrogen) atoms. The Morgan fingerprint density at radius 1 is 1.12 bits per heavy atom. The smallest absolute Gasteiger partial charge is 0.227 e. The highest BCUT2D eigenvalue weighted by molar-refractivity contribution is 5.83. The molecule has 7 heteroatoms. The Hall–Kier alpha value is -2.57. The van der Waals surface area contributed by atoms with Gasteiger partial charge in [0, 0.05) is 40.2 Å². The molecule has 1 aliphatic rings. The van der Waals surface area contributed by atoms with Crippen LogP contribution in [0.1, 0.15) is 12.5 Å². The predicted octanol–water partition coefficient (Wildman–Crippen LogP) is 0.291. The van der Waals surface area contributed by atoms with Gasteiger partial charge in [-0.25, -0.2) is 0 Å². The van der Waals surface area contributed by atoms with Crippen molar-refractivity contribution in [1.29, 1.82) is 0 Å². The van der Waals surface area contributed by atoms with E-state index in [0.29, 0.717) is 26.2 Å². The maximum Gasteiger partial charge on any atom is 0.227 e. The van der Waals surface area contributed by atoms with Gasteiger partial charge >= 0.3 is 0 Å². The predicted molar refractivity (Wildman–Crippen MR) is 93.1 cm³/mol. The van der Waals surface area contributed by atoms with Gasteiger partial charge in [0.1, 0.15) is 5.75 Å². The molecule has 1 aromatic carbocycles. The van der Waals surface area contributed by atoms with Crippen molar-refractivity contribution in [3.63, 3.8) is 0 Å². The summed E-state index contributed by atoms with van der Waals surface area (Å²) < 4.78 is 5.12. The molecule has 1 saturated heterocycles. The van der Waals surface area contributed by atoms with Gasteiger partial charge in [-0.1, -0.05) is 12.1 Å². The minimum absolute atomic E-state index is 0.0514. The summed E-state index contributed by atoms with van der Waals surface area (Å²) in [4.78, 5) is 39.8. The van der Waals surface area contributed by atoms with E-state index in [1.165, 1.54) is 6.92 Å². The highest BCUT2D eigenvalue weighted by Gasteiger charge is 2.30. The quantitative estimate of drug-likeness (QED) is 0.849. The Morgan fingerprint density at radius 3 is 2.28 bits per heavy atom. The third-order valence-corrected chi connectivity index (χ3v) is 4.45. The van der Waals surface area contributed by atoms with Crippen molar-refractivity contribution < 1.29 is 19.1 Å². The summed E-state index contributed by atoms with van der Waals surface area (Å²) in [5.41, 5.74) is 0.884. The third kappa shape index (κ3) is 4.95. The van der Waals surface area contributed by atoms with Gasteiger partial charge in [0.25, 0.3) is 0 Å². The molecule has 0 aliphatic carbocycles. The number of hydrogen-bond donors (Lipinski definition) is 1. The van der Waals surface area contributed by atoms with E-state index in [1.54, 1.807) is 24.0 Å². The molecular weight excluding hydrogens is 322 g/mol. The molecule has 1 fully saturated rings. The minimum Gasteiger partial charge on any atom is -0.497 e. The highest BCUT2D eigenvalue weighted by atomic mass is 16.5. The number of ether oxygens (including phenoxy) is 1.